The summed E-state index contributed by atoms with van der Waals surface area (Å²) in [6.45, 7) is 5.64. The second-order valence-corrected chi connectivity index (χ2v) is 7.43. The average molecular weight is 364 g/mol. The number of hydrogen-bond acceptors (Lipinski definition) is 4. The van der Waals surface area contributed by atoms with Crippen molar-refractivity contribution in [3.8, 4) is 0 Å². The number of halogens is 1. The molecule has 1 unspecified atom stereocenters. The van der Waals surface area contributed by atoms with Crippen LogP contribution in [-0.2, 0) is 27.3 Å². The third-order valence-corrected chi connectivity index (χ3v) is 5.69. The van der Waals surface area contributed by atoms with Gasteiger partial charge in [0.1, 0.15) is 12.0 Å². The van der Waals surface area contributed by atoms with Crippen molar-refractivity contribution in [1.29, 1.82) is 0 Å². The number of carbonyl (C=O) groups excluding carboxylic acids is 2. The molecule has 3 heterocycles. The third kappa shape index (κ3) is 3.22. The first kappa shape index (κ1) is 17.5. The smallest absolute Gasteiger partial charge is 0.228 e. The number of ether oxygens (including phenoxy) is 1. The maximum atomic E-state index is 13.1. The zero-order chi connectivity index (χ0) is 18.3. The molecule has 0 bridgehead atoms. The molecule has 4 rings (SSSR count). The summed E-state index contributed by atoms with van der Waals surface area (Å²) in [5.41, 5.74) is 0.741. The fourth-order valence-corrected chi connectivity index (χ4v) is 4.00. The van der Waals surface area contributed by atoms with E-state index < -0.39 is 6.17 Å². The van der Waals surface area contributed by atoms with Gasteiger partial charge in [0.2, 0.25) is 11.8 Å². The minimum atomic E-state index is -0.830. The van der Waals surface area contributed by atoms with Gasteiger partial charge in [0, 0.05) is 38.3 Å². The van der Waals surface area contributed by atoms with Crippen LogP contribution in [0.2, 0.25) is 0 Å². The highest BCUT2D eigenvalue weighted by atomic mass is 19.1. The molecule has 1 aliphatic carbocycles. The molecule has 2 fully saturated rings. The Labute approximate surface area is 152 Å². The second-order valence-electron chi connectivity index (χ2n) is 7.43. The molecule has 1 saturated carbocycles. The normalized spacial score (nSPS) is 28.5. The summed E-state index contributed by atoms with van der Waals surface area (Å²) in [4.78, 5) is 33.3. The summed E-state index contributed by atoms with van der Waals surface area (Å²) in [5.74, 6) is 0.723. The lowest BCUT2D eigenvalue weighted by molar-refractivity contribution is -0.144. The average Bonchev–Trinajstić information content (AvgIpc) is 3.03. The number of imidazole rings is 1. The zero-order valence-electron chi connectivity index (χ0n) is 15.1. The van der Waals surface area contributed by atoms with Gasteiger partial charge in [-0.2, -0.15) is 0 Å². The lowest BCUT2D eigenvalue weighted by atomic mass is 9.82. The van der Waals surface area contributed by atoms with Crippen LogP contribution in [0.15, 0.2) is 6.20 Å². The first-order valence-electron chi connectivity index (χ1n) is 9.39. The van der Waals surface area contributed by atoms with Crippen LogP contribution in [0.5, 0.6) is 0 Å². The monoisotopic (exact) mass is 364 g/mol. The third-order valence-electron chi connectivity index (χ3n) is 5.69. The number of alkyl halides is 1. The van der Waals surface area contributed by atoms with E-state index in [0.717, 1.165) is 11.5 Å². The molecule has 8 heteroatoms. The van der Waals surface area contributed by atoms with Gasteiger partial charge in [-0.05, 0) is 19.8 Å². The van der Waals surface area contributed by atoms with Gasteiger partial charge < -0.3 is 19.1 Å². The van der Waals surface area contributed by atoms with E-state index in [1.165, 1.54) is 0 Å². The number of rotatable bonds is 3. The lowest BCUT2D eigenvalue weighted by Crippen LogP contribution is -2.47. The van der Waals surface area contributed by atoms with E-state index in [-0.39, 0.29) is 30.2 Å². The van der Waals surface area contributed by atoms with Gasteiger partial charge in [0.15, 0.2) is 0 Å². The molecule has 0 N–H and O–H groups in total. The van der Waals surface area contributed by atoms with Gasteiger partial charge in [-0.1, -0.05) is 0 Å². The standard InChI is InChI=1S/C18H25FN4O3/c1-12-17-20-15(10-16(24)21-4-6-26-7-5-21)11-22(17)2-3-23(12)18(25)13-8-14(19)9-13/h11-14H,2-10H2,1H3. The van der Waals surface area contributed by atoms with Crippen molar-refractivity contribution in [3.05, 3.63) is 17.7 Å². The van der Waals surface area contributed by atoms with Crippen LogP contribution < -0.4 is 0 Å². The molecule has 142 valence electrons. The fraction of sp³-hybridized carbons (Fsp3) is 0.722. The molecule has 1 atom stereocenters. The minimum Gasteiger partial charge on any atom is -0.378 e. The Morgan fingerprint density at radius 3 is 2.65 bits per heavy atom. The quantitative estimate of drug-likeness (QED) is 0.800. The Kier molecular flexibility index (Phi) is 4.69. The molecule has 0 spiro atoms. The minimum absolute atomic E-state index is 0.0339. The Morgan fingerprint density at radius 2 is 1.96 bits per heavy atom. The van der Waals surface area contributed by atoms with Crippen molar-refractivity contribution in [3.63, 3.8) is 0 Å². The Morgan fingerprint density at radius 1 is 1.23 bits per heavy atom. The summed E-state index contributed by atoms with van der Waals surface area (Å²) < 4.78 is 20.4. The second kappa shape index (κ2) is 6.98. The van der Waals surface area contributed by atoms with E-state index in [0.29, 0.717) is 52.2 Å². The van der Waals surface area contributed by atoms with Crippen LogP contribution in [0.4, 0.5) is 4.39 Å². The highest BCUT2D eigenvalue weighted by Gasteiger charge is 2.40. The first-order chi connectivity index (χ1) is 12.5. The molecule has 0 aromatic carbocycles. The highest BCUT2D eigenvalue weighted by molar-refractivity contribution is 5.80. The summed E-state index contributed by atoms with van der Waals surface area (Å²) >= 11 is 0. The van der Waals surface area contributed by atoms with Crippen molar-refractivity contribution in [2.45, 2.75) is 44.9 Å². The molecule has 3 aliphatic rings. The molecule has 2 aliphatic heterocycles. The Bertz CT molecular complexity index is 695. The van der Waals surface area contributed by atoms with E-state index in [4.69, 9.17) is 4.74 Å². The van der Waals surface area contributed by atoms with Gasteiger partial charge in [0.05, 0.1) is 31.4 Å². The summed E-state index contributed by atoms with van der Waals surface area (Å²) in [5, 5.41) is 0. The van der Waals surface area contributed by atoms with Crippen molar-refractivity contribution >= 4 is 11.8 Å². The number of hydrogen-bond donors (Lipinski definition) is 0. The van der Waals surface area contributed by atoms with Crippen molar-refractivity contribution < 1.29 is 18.7 Å². The zero-order valence-corrected chi connectivity index (χ0v) is 15.1. The van der Waals surface area contributed by atoms with Crippen LogP contribution in [-0.4, -0.2) is 70.2 Å². The summed E-state index contributed by atoms with van der Waals surface area (Å²) in [6, 6.07) is -0.151. The van der Waals surface area contributed by atoms with Gasteiger partial charge >= 0.3 is 0 Å². The van der Waals surface area contributed by atoms with Gasteiger partial charge in [-0.25, -0.2) is 9.37 Å². The number of nitrogens with zero attached hydrogens (tertiary/aromatic N) is 4. The Hall–Kier alpha value is -1.96. The van der Waals surface area contributed by atoms with E-state index >= 15 is 0 Å². The van der Waals surface area contributed by atoms with E-state index in [1.54, 1.807) is 0 Å². The van der Waals surface area contributed by atoms with Crippen molar-refractivity contribution in [2.24, 2.45) is 5.92 Å². The first-order valence-corrected chi connectivity index (χ1v) is 9.39. The van der Waals surface area contributed by atoms with Crippen molar-refractivity contribution in [1.82, 2.24) is 19.4 Å². The Balaban J connectivity index is 1.42. The number of morpholine rings is 1. The van der Waals surface area contributed by atoms with E-state index in [9.17, 15) is 14.0 Å². The van der Waals surface area contributed by atoms with Crippen LogP contribution in [0.3, 0.4) is 0 Å². The lowest BCUT2D eigenvalue weighted by Gasteiger charge is -2.39. The molecule has 2 amide bonds. The van der Waals surface area contributed by atoms with Gasteiger partial charge in [0.25, 0.3) is 0 Å². The maximum Gasteiger partial charge on any atom is 0.228 e. The number of fused-ring (bicyclic) bond motifs is 1. The van der Waals surface area contributed by atoms with Crippen LogP contribution in [0, 0.1) is 5.92 Å². The molecule has 26 heavy (non-hydrogen) atoms. The number of aromatic nitrogens is 2. The molecule has 7 nitrogen and oxygen atoms in total. The van der Waals surface area contributed by atoms with Gasteiger partial charge in [-0.3, -0.25) is 9.59 Å². The summed E-state index contributed by atoms with van der Waals surface area (Å²) in [6.07, 6.45) is 2.05. The fourth-order valence-electron chi connectivity index (χ4n) is 4.00. The molecule has 0 radical (unpaired) electrons. The largest absolute Gasteiger partial charge is 0.378 e. The molecule has 1 saturated heterocycles. The van der Waals surface area contributed by atoms with E-state index in [2.05, 4.69) is 4.98 Å². The van der Waals surface area contributed by atoms with Crippen LogP contribution in [0.1, 0.15) is 37.3 Å². The topological polar surface area (TPSA) is 67.7 Å². The molecule has 1 aromatic heterocycles. The predicted octanol–water partition coefficient (Wildman–Crippen LogP) is 0.936. The van der Waals surface area contributed by atoms with E-state index in [1.807, 2.05) is 27.5 Å². The molecule has 1 aromatic rings. The van der Waals surface area contributed by atoms with Crippen LogP contribution in [0.25, 0.3) is 0 Å². The number of amides is 2. The number of carbonyl (C=O) groups is 2. The highest BCUT2D eigenvalue weighted by Crippen LogP contribution is 2.35. The molecular formula is C18H25FN4O3. The van der Waals surface area contributed by atoms with Gasteiger partial charge in [-0.15, -0.1) is 0 Å². The maximum absolute atomic E-state index is 13.1. The molecular weight excluding hydrogens is 339 g/mol. The van der Waals surface area contributed by atoms with Crippen molar-refractivity contribution in [2.75, 3.05) is 32.8 Å². The predicted molar refractivity (Wildman–Crippen MR) is 91.1 cm³/mol. The van der Waals surface area contributed by atoms with Crippen LogP contribution >= 0.6 is 0 Å². The SMILES string of the molecule is CC1c2nc(CC(=O)N3CCOCC3)cn2CCN1C(=O)C1CC(F)C1. The summed E-state index contributed by atoms with van der Waals surface area (Å²) in [7, 11) is 0.